The highest BCUT2D eigenvalue weighted by Gasteiger charge is 1.99. The Morgan fingerprint density at radius 3 is 2.91 bits per heavy atom. The van der Waals surface area contributed by atoms with Crippen LogP contribution in [0.4, 0.5) is 0 Å². The summed E-state index contributed by atoms with van der Waals surface area (Å²) in [5, 5.41) is 1.30. The molecular weight excluding hydrogens is 154 g/mol. The molecule has 1 nitrogen and oxygen atoms in total. The van der Waals surface area contributed by atoms with E-state index in [0.717, 1.165) is 5.69 Å². The van der Waals surface area contributed by atoms with Gasteiger partial charge in [0.15, 0.2) is 0 Å². The first kappa shape index (κ1) is 6.80. The fourth-order valence-electron chi connectivity index (χ4n) is 1.17. The molecule has 1 heterocycles. The zero-order chi connectivity index (χ0) is 7.84. The van der Waals surface area contributed by atoms with Crippen molar-refractivity contribution in [3.05, 3.63) is 29.5 Å². The lowest BCUT2D eigenvalue weighted by molar-refractivity contribution is 1.37. The van der Waals surface area contributed by atoms with E-state index in [9.17, 15) is 0 Å². The van der Waals surface area contributed by atoms with Crippen LogP contribution in [0.1, 0.15) is 11.3 Å². The molecule has 2 heteroatoms. The monoisotopic (exact) mass is 163 g/mol. The summed E-state index contributed by atoms with van der Waals surface area (Å²) < 4.78 is 5.56. The van der Waals surface area contributed by atoms with Gasteiger partial charge in [0.25, 0.3) is 0 Å². The minimum absolute atomic E-state index is 1.15. The van der Waals surface area contributed by atoms with Crippen LogP contribution in [0.5, 0.6) is 0 Å². The lowest BCUT2D eigenvalue weighted by Gasteiger charge is -1.91. The highest BCUT2D eigenvalue weighted by Crippen LogP contribution is 2.22. The van der Waals surface area contributed by atoms with E-state index in [1.807, 2.05) is 0 Å². The third-order valence-corrected chi connectivity index (χ3v) is 2.72. The highest BCUT2D eigenvalue weighted by atomic mass is 32.1. The van der Waals surface area contributed by atoms with Gasteiger partial charge < -0.3 is 0 Å². The van der Waals surface area contributed by atoms with Gasteiger partial charge in [-0.2, -0.15) is 4.37 Å². The molecule has 11 heavy (non-hydrogen) atoms. The van der Waals surface area contributed by atoms with Crippen molar-refractivity contribution in [2.75, 3.05) is 0 Å². The normalized spacial score (nSPS) is 10.7. The third-order valence-electron chi connectivity index (χ3n) is 1.81. The standard InChI is InChI=1S/C9H9NS/c1-6-3-4-9-8(5-6)7(2)10-11-9/h3-5H,1-2H3. The summed E-state index contributed by atoms with van der Waals surface area (Å²) >= 11 is 1.57. The number of benzene rings is 1. The summed E-state index contributed by atoms with van der Waals surface area (Å²) in [5.74, 6) is 0. The summed E-state index contributed by atoms with van der Waals surface area (Å²) in [5.41, 5.74) is 2.45. The number of nitrogens with zero attached hydrogens (tertiary/aromatic N) is 1. The second-order valence-corrected chi connectivity index (χ2v) is 3.57. The first-order chi connectivity index (χ1) is 5.27. The van der Waals surface area contributed by atoms with E-state index < -0.39 is 0 Å². The molecule has 56 valence electrons. The Morgan fingerprint density at radius 2 is 2.09 bits per heavy atom. The average molecular weight is 163 g/mol. The minimum atomic E-state index is 1.15. The van der Waals surface area contributed by atoms with Crippen molar-refractivity contribution in [1.82, 2.24) is 4.37 Å². The zero-order valence-electron chi connectivity index (χ0n) is 6.59. The molecule has 1 aromatic carbocycles. The first-order valence-corrected chi connectivity index (χ1v) is 4.37. The molecule has 0 N–H and O–H groups in total. The van der Waals surface area contributed by atoms with Crippen LogP contribution in [0.2, 0.25) is 0 Å². The van der Waals surface area contributed by atoms with Gasteiger partial charge >= 0.3 is 0 Å². The van der Waals surface area contributed by atoms with E-state index in [2.05, 4.69) is 36.4 Å². The maximum absolute atomic E-state index is 4.28. The second kappa shape index (κ2) is 2.31. The molecule has 2 rings (SSSR count). The summed E-state index contributed by atoms with van der Waals surface area (Å²) in [6, 6.07) is 6.45. The van der Waals surface area contributed by atoms with Crippen LogP contribution in [0.15, 0.2) is 18.2 Å². The Kier molecular flexibility index (Phi) is 1.43. The molecule has 0 aliphatic carbocycles. The molecule has 0 bridgehead atoms. The molecule has 0 atom stereocenters. The smallest absolute Gasteiger partial charge is 0.0589 e. The molecule has 0 saturated carbocycles. The van der Waals surface area contributed by atoms with Crippen molar-refractivity contribution in [3.63, 3.8) is 0 Å². The van der Waals surface area contributed by atoms with E-state index in [1.165, 1.54) is 15.6 Å². The van der Waals surface area contributed by atoms with Crippen LogP contribution in [-0.4, -0.2) is 4.37 Å². The predicted molar refractivity (Wildman–Crippen MR) is 49.1 cm³/mol. The molecule has 0 aliphatic heterocycles. The van der Waals surface area contributed by atoms with Crippen LogP contribution < -0.4 is 0 Å². The van der Waals surface area contributed by atoms with Crippen LogP contribution >= 0.6 is 11.5 Å². The molecule has 0 aliphatic rings. The zero-order valence-corrected chi connectivity index (χ0v) is 7.40. The Labute approximate surface area is 69.8 Å². The van der Waals surface area contributed by atoms with Crippen molar-refractivity contribution >= 4 is 21.6 Å². The van der Waals surface area contributed by atoms with Crippen LogP contribution in [0.3, 0.4) is 0 Å². The van der Waals surface area contributed by atoms with Gasteiger partial charge in [-0.15, -0.1) is 0 Å². The summed E-state index contributed by atoms with van der Waals surface area (Å²) in [6.45, 7) is 4.16. The van der Waals surface area contributed by atoms with Gasteiger partial charge in [0.1, 0.15) is 0 Å². The largest absolute Gasteiger partial charge is 0.197 e. The van der Waals surface area contributed by atoms with Crippen molar-refractivity contribution in [2.45, 2.75) is 13.8 Å². The van der Waals surface area contributed by atoms with E-state index in [-0.39, 0.29) is 0 Å². The van der Waals surface area contributed by atoms with Gasteiger partial charge in [-0.1, -0.05) is 11.6 Å². The Bertz CT molecular complexity index is 389. The summed E-state index contributed by atoms with van der Waals surface area (Å²) in [7, 11) is 0. The second-order valence-electron chi connectivity index (χ2n) is 2.77. The van der Waals surface area contributed by atoms with Crippen LogP contribution in [0, 0.1) is 13.8 Å². The number of aryl methyl sites for hydroxylation is 2. The summed E-state index contributed by atoms with van der Waals surface area (Å²) in [6.07, 6.45) is 0. The number of hydrogen-bond donors (Lipinski definition) is 0. The first-order valence-electron chi connectivity index (χ1n) is 3.60. The molecule has 0 saturated heterocycles. The topological polar surface area (TPSA) is 12.9 Å². The average Bonchev–Trinajstić information content (AvgIpc) is 2.33. The number of aromatic nitrogens is 1. The molecule has 0 radical (unpaired) electrons. The van der Waals surface area contributed by atoms with E-state index in [1.54, 1.807) is 11.5 Å². The van der Waals surface area contributed by atoms with Gasteiger partial charge in [-0.25, -0.2) is 0 Å². The SMILES string of the molecule is Cc1ccc2snc(C)c2c1. The van der Waals surface area contributed by atoms with Crippen molar-refractivity contribution in [2.24, 2.45) is 0 Å². The van der Waals surface area contributed by atoms with Crippen molar-refractivity contribution < 1.29 is 0 Å². The van der Waals surface area contributed by atoms with E-state index >= 15 is 0 Å². The van der Waals surface area contributed by atoms with E-state index in [0.29, 0.717) is 0 Å². The quantitative estimate of drug-likeness (QED) is 0.582. The molecular formula is C9H9NS. The lowest BCUT2D eigenvalue weighted by Crippen LogP contribution is -1.72. The molecule has 0 amide bonds. The van der Waals surface area contributed by atoms with Gasteiger partial charge in [-0.3, -0.25) is 0 Å². The fraction of sp³-hybridized carbons (Fsp3) is 0.222. The molecule has 0 fully saturated rings. The molecule has 0 unspecified atom stereocenters. The number of hydrogen-bond acceptors (Lipinski definition) is 2. The van der Waals surface area contributed by atoms with Gasteiger partial charge in [0, 0.05) is 5.39 Å². The maximum Gasteiger partial charge on any atom is 0.0589 e. The van der Waals surface area contributed by atoms with Gasteiger partial charge in [0.05, 0.1) is 10.4 Å². The predicted octanol–water partition coefficient (Wildman–Crippen LogP) is 2.91. The maximum atomic E-state index is 4.28. The van der Waals surface area contributed by atoms with Crippen LogP contribution in [0.25, 0.3) is 10.1 Å². The number of rotatable bonds is 0. The Hall–Kier alpha value is -0.890. The third kappa shape index (κ3) is 1.03. The van der Waals surface area contributed by atoms with Crippen molar-refractivity contribution in [1.29, 1.82) is 0 Å². The van der Waals surface area contributed by atoms with Gasteiger partial charge in [0.2, 0.25) is 0 Å². The Balaban J connectivity index is 2.87. The van der Waals surface area contributed by atoms with Crippen LogP contribution in [-0.2, 0) is 0 Å². The number of fused-ring (bicyclic) bond motifs is 1. The fourth-order valence-corrected chi connectivity index (χ4v) is 1.94. The highest BCUT2D eigenvalue weighted by molar-refractivity contribution is 7.13. The van der Waals surface area contributed by atoms with Crippen molar-refractivity contribution in [3.8, 4) is 0 Å². The molecule has 1 aromatic heterocycles. The lowest BCUT2D eigenvalue weighted by atomic mass is 10.2. The minimum Gasteiger partial charge on any atom is -0.197 e. The van der Waals surface area contributed by atoms with Gasteiger partial charge in [-0.05, 0) is 37.5 Å². The summed E-state index contributed by atoms with van der Waals surface area (Å²) in [4.78, 5) is 0. The Morgan fingerprint density at radius 1 is 1.27 bits per heavy atom. The molecule has 2 aromatic rings. The van der Waals surface area contributed by atoms with E-state index in [4.69, 9.17) is 0 Å². The molecule has 0 spiro atoms.